The molecule has 0 radical (unpaired) electrons. The molecule has 125 heavy (non-hydrogen) atoms. The van der Waals surface area contributed by atoms with E-state index in [-0.39, 0.29) is 89.0 Å². The van der Waals surface area contributed by atoms with Gasteiger partial charge in [-0.3, -0.25) is 34.1 Å². The molecule has 4 saturated carbocycles. The zero-order valence-electron chi connectivity index (χ0n) is 70.5. The smallest absolute Gasteiger partial charge is 0.258 e. The minimum Gasteiger partial charge on any atom is -0.496 e. The predicted octanol–water partition coefficient (Wildman–Crippen LogP) is 14.1. The summed E-state index contributed by atoms with van der Waals surface area (Å²) in [7, 11) is 3.18. The minimum absolute atomic E-state index is 0.0102. The van der Waals surface area contributed by atoms with Crippen molar-refractivity contribution >= 4 is 35.3 Å². The van der Waals surface area contributed by atoms with Gasteiger partial charge in [0.2, 0.25) is 11.8 Å². The van der Waals surface area contributed by atoms with Gasteiger partial charge in [0, 0.05) is 111 Å². The monoisotopic (exact) mass is 1680 g/mol. The number of aromatic nitrogens is 15. The van der Waals surface area contributed by atoms with Crippen LogP contribution in [0.1, 0.15) is 141 Å². The number of hydrogen-bond acceptors (Lipinski definition) is 25. The lowest BCUT2D eigenvalue weighted by molar-refractivity contribution is -0.0315. The second-order valence-electron chi connectivity index (χ2n) is 33.1. The number of nitrogens with one attached hydrogen (secondary N) is 2. The Morgan fingerprint density at radius 2 is 0.744 bits per heavy atom. The number of anilines is 2. The van der Waals surface area contributed by atoms with Gasteiger partial charge in [0.25, 0.3) is 23.6 Å². The van der Waals surface area contributed by atoms with Crippen molar-refractivity contribution in [3.05, 3.63) is 259 Å². The number of carbonyl (C=O) groups excluding carboxylic acids is 4. The van der Waals surface area contributed by atoms with Gasteiger partial charge in [-0.05, 0) is 195 Å². The standard InChI is InChI=1S/C25H27N5O2.C24H26N6O2.C23H22FN5O2.C23H23N5O2/c1-16-7-10-22(28-14-16)29-19-13-17-8-9-20(19)30(15-17)25(31)23-18(5-3-6-21(23)32-2)24-26-11-4-12-27-24;1-15-12-28-21(13-27-15)29-18-11-16-7-8-19(18)30(14-16)24(31)22-17(5-3-6-20(22)32-2)23-25-9-4-10-26-23;1-14-11-28-20(12-27-14)31-19-10-15-6-7-18(19)29(13-15)23(30)16-4-2-5-17(24)21(16)22-25-8-3-9-26-22;1-15-12-27-21(13-26-15)30-20-11-16-7-8-19(20)28(14-16)23(29)18-6-3-2-5-17(18)22-24-9-4-10-25-22/h3-7,10-12,14,17,19-20H,8-9,13,15H2,1-2H3,(H,28,29);3-6,9-10,12-13,16,18-19H,7-8,11,14H2,1-2H3,(H,28,29);2-5,8-9,11-12,15,18-19H,6-7,10,13H2,1H3;2-6,9-10,12-13,16,19-20H,7-8,11,14H2,1H3. The summed E-state index contributed by atoms with van der Waals surface area (Å²) >= 11 is 0. The van der Waals surface area contributed by atoms with Crippen LogP contribution in [-0.4, -0.2) is 207 Å². The second-order valence-corrected chi connectivity index (χ2v) is 33.1. The molecule has 12 atom stereocenters. The summed E-state index contributed by atoms with van der Waals surface area (Å²) in [6, 6.07) is 34.7. The SMILES string of the molecule is COc1cccc(-c2ncccn2)c1C(=O)N1CC2CCC1C(Nc1ccc(C)cn1)C2.COc1cccc(-c2ncccn2)c1C(=O)N1CC2CCC1C(Nc1cnc(C)cn1)C2.Cc1cnc(OC2CC3CCC2N(C(=O)c2cccc(F)c2-c2ncccn2)C3)cn1.Cc1cnc(OC2CC3CCC2N(C(=O)c2ccccc2-c2ncccn2)C3)cn1. The van der Waals surface area contributed by atoms with Crippen LogP contribution in [0.3, 0.4) is 0 Å². The molecule has 12 aromatic rings. The van der Waals surface area contributed by atoms with Crippen molar-refractivity contribution in [2.45, 2.75) is 153 Å². The lowest BCUT2D eigenvalue weighted by atomic mass is 9.76. The van der Waals surface area contributed by atoms with E-state index in [0.717, 1.165) is 137 Å². The van der Waals surface area contributed by atoms with Crippen LogP contribution >= 0.6 is 0 Å². The maximum absolute atomic E-state index is 14.8. The van der Waals surface area contributed by atoms with E-state index in [4.69, 9.17) is 18.9 Å². The summed E-state index contributed by atoms with van der Waals surface area (Å²) in [4.78, 5) is 128. The zero-order valence-corrected chi connectivity index (χ0v) is 70.5. The maximum atomic E-state index is 14.8. The van der Waals surface area contributed by atoms with Crippen LogP contribution in [0.2, 0.25) is 0 Å². The van der Waals surface area contributed by atoms with Crippen molar-refractivity contribution in [2.75, 3.05) is 51.0 Å². The zero-order chi connectivity index (χ0) is 86.0. The highest BCUT2D eigenvalue weighted by Gasteiger charge is 2.49. The van der Waals surface area contributed by atoms with Gasteiger partial charge in [0.15, 0.2) is 23.3 Å². The highest BCUT2D eigenvalue weighted by molar-refractivity contribution is 6.05. The summed E-state index contributed by atoms with van der Waals surface area (Å²) in [5.74, 6) is 6.37. The largest absolute Gasteiger partial charge is 0.496 e. The van der Waals surface area contributed by atoms with E-state index in [1.54, 1.807) is 137 Å². The van der Waals surface area contributed by atoms with Crippen LogP contribution in [-0.2, 0) is 0 Å². The number of amides is 4. The molecule has 8 aliphatic heterocycles. The van der Waals surface area contributed by atoms with E-state index in [2.05, 4.69) is 91.5 Å². The highest BCUT2D eigenvalue weighted by atomic mass is 19.1. The Morgan fingerprint density at radius 3 is 1.18 bits per heavy atom. The van der Waals surface area contributed by atoms with Gasteiger partial charge in [-0.25, -0.2) is 64.2 Å². The molecule has 2 N–H and O–H groups in total. The van der Waals surface area contributed by atoms with Crippen molar-refractivity contribution in [1.82, 2.24) is 94.4 Å². The molecule has 4 aromatic carbocycles. The molecule has 24 rings (SSSR count). The third-order valence-corrected chi connectivity index (χ3v) is 25.0. The molecule has 4 amide bonds. The summed E-state index contributed by atoms with van der Waals surface area (Å²) in [6.07, 6.45) is 37.0. The van der Waals surface area contributed by atoms with Crippen LogP contribution in [0, 0.1) is 57.2 Å². The average molecular weight is 1680 g/mol. The van der Waals surface area contributed by atoms with Crippen molar-refractivity contribution < 1.29 is 42.5 Å². The summed E-state index contributed by atoms with van der Waals surface area (Å²) < 4.78 is 38.3. The first-order valence-electron chi connectivity index (χ1n) is 42.8. The normalized spacial score (nSPS) is 22.2. The quantitative estimate of drug-likeness (QED) is 0.0806. The van der Waals surface area contributed by atoms with E-state index in [1.165, 1.54) is 6.07 Å². The van der Waals surface area contributed by atoms with Crippen LogP contribution in [0.25, 0.3) is 45.6 Å². The first-order valence-corrected chi connectivity index (χ1v) is 42.8. The van der Waals surface area contributed by atoms with Crippen molar-refractivity contribution in [3.8, 4) is 68.8 Å². The number of fused-ring (bicyclic) bond motifs is 12. The third-order valence-electron chi connectivity index (χ3n) is 25.0. The van der Waals surface area contributed by atoms with E-state index in [9.17, 15) is 23.6 Å². The van der Waals surface area contributed by atoms with Gasteiger partial charge < -0.3 is 49.2 Å². The third kappa shape index (κ3) is 18.6. The van der Waals surface area contributed by atoms with Crippen LogP contribution in [0.4, 0.5) is 16.0 Å². The van der Waals surface area contributed by atoms with Gasteiger partial charge in [-0.1, -0.05) is 54.6 Å². The summed E-state index contributed by atoms with van der Waals surface area (Å²) in [5.41, 5.74) is 7.89. The van der Waals surface area contributed by atoms with Gasteiger partial charge in [0.1, 0.15) is 41.2 Å². The number of hydrogen-bond donors (Lipinski definition) is 2. The first-order chi connectivity index (χ1) is 61.1. The molecular formula is C95H98FN21O8. The number of halogens is 1. The number of carbonyl (C=O) groups is 4. The van der Waals surface area contributed by atoms with Crippen molar-refractivity contribution in [3.63, 3.8) is 0 Å². The molecule has 12 aliphatic rings. The fourth-order valence-electron chi connectivity index (χ4n) is 19.1. The molecule has 16 heterocycles. The molecule has 638 valence electrons. The van der Waals surface area contributed by atoms with E-state index >= 15 is 0 Å². The average Bonchev–Trinajstić information content (AvgIpc) is 0.776. The number of aryl methyl sites for hydroxylation is 4. The Kier molecular flexibility index (Phi) is 25.3. The fraction of sp³-hybridized carbons (Fsp3) is 0.358. The molecule has 8 saturated heterocycles. The van der Waals surface area contributed by atoms with E-state index in [0.29, 0.717) is 98.8 Å². The Bertz CT molecular complexity index is 5570. The summed E-state index contributed by atoms with van der Waals surface area (Å²) in [6.45, 7) is 10.6. The first kappa shape index (κ1) is 83.5. The number of piperidine rings is 8. The second kappa shape index (κ2) is 37.9. The van der Waals surface area contributed by atoms with Gasteiger partial charge in [0.05, 0.1) is 120 Å². The van der Waals surface area contributed by atoms with Crippen LogP contribution in [0.15, 0.2) is 208 Å². The van der Waals surface area contributed by atoms with Crippen LogP contribution in [0.5, 0.6) is 23.3 Å². The number of nitrogens with zero attached hydrogens (tertiary/aromatic N) is 19. The topological polar surface area (TPSA) is 336 Å². The lowest BCUT2D eigenvalue weighted by Gasteiger charge is -2.50. The summed E-state index contributed by atoms with van der Waals surface area (Å²) in [5, 5.41) is 7.12. The van der Waals surface area contributed by atoms with Gasteiger partial charge >= 0.3 is 0 Å². The van der Waals surface area contributed by atoms with Crippen LogP contribution < -0.4 is 29.6 Å². The predicted molar refractivity (Wildman–Crippen MR) is 465 cm³/mol. The maximum Gasteiger partial charge on any atom is 0.258 e. The highest BCUT2D eigenvalue weighted by Crippen LogP contribution is 2.45. The van der Waals surface area contributed by atoms with E-state index in [1.807, 2.05) is 120 Å². The molecule has 4 aliphatic carbocycles. The minimum atomic E-state index is -0.512. The molecule has 29 nitrogen and oxygen atoms in total. The molecular weight excluding hydrogens is 1580 g/mol. The Morgan fingerprint density at radius 1 is 0.352 bits per heavy atom. The van der Waals surface area contributed by atoms with Crippen molar-refractivity contribution in [2.24, 2.45) is 23.7 Å². The molecule has 12 fully saturated rings. The Hall–Kier alpha value is -13.8. The fourth-order valence-corrected chi connectivity index (χ4v) is 19.1. The number of methoxy groups -OCH3 is 2. The number of ether oxygens (including phenoxy) is 4. The van der Waals surface area contributed by atoms with Gasteiger partial charge in [-0.2, -0.15) is 0 Å². The van der Waals surface area contributed by atoms with Gasteiger partial charge in [-0.15, -0.1) is 0 Å². The molecule has 30 heteroatoms. The molecule has 8 bridgehead atoms. The number of benzene rings is 4. The molecule has 12 unspecified atom stereocenters. The Balaban J connectivity index is 0.000000118. The molecule has 0 spiro atoms. The van der Waals surface area contributed by atoms with E-state index < -0.39 is 5.82 Å². The number of rotatable bonds is 18. The Labute approximate surface area is 724 Å². The lowest BCUT2D eigenvalue weighted by Crippen LogP contribution is -2.59. The van der Waals surface area contributed by atoms with Crippen molar-refractivity contribution in [1.29, 1.82) is 0 Å². The molecule has 8 aromatic heterocycles. The number of pyridine rings is 1.